The average molecular weight is 324 g/mol. The van der Waals surface area contributed by atoms with Crippen LogP contribution in [0.3, 0.4) is 0 Å². The zero-order valence-electron chi connectivity index (χ0n) is 13.6. The molecule has 1 aromatic heterocycles. The monoisotopic (exact) mass is 324 g/mol. The lowest BCUT2D eigenvalue weighted by atomic mass is 10.0. The molecule has 0 radical (unpaired) electrons. The Morgan fingerprint density at radius 1 is 0.840 bits per heavy atom. The zero-order chi connectivity index (χ0) is 16.9. The van der Waals surface area contributed by atoms with Gasteiger partial charge in [-0.25, -0.2) is 4.68 Å². The number of benzene rings is 3. The third-order valence-electron chi connectivity index (χ3n) is 4.01. The molecule has 4 heteroatoms. The molecule has 120 valence electrons. The van der Waals surface area contributed by atoms with Gasteiger partial charge in [0.2, 0.25) is 0 Å². The second-order valence-electron chi connectivity index (χ2n) is 5.87. The lowest BCUT2D eigenvalue weighted by Crippen LogP contribution is -2.00. The summed E-state index contributed by atoms with van der Waals surface area (Å²) in [5.41, 5.74) is 3.43. The van der Waals surface area contributed by atoms with Gasteiger partial charge in [-0.3, -0.25) is 0 Å². The molecule has 3 aromatic carbocycles. The molecule has 0 bridgehead atoms. The summed E-state index contributed by atoms with van der Waals surface area (Å²) in [6.45, 7) is 0.660. The molecule has 0 spiro atoms. The molecule has 0 unspecified atom stereocenters. The molecule has 0 atom stereocenters. The summed E-state index contributed by atoms with van der Waals surface area (Å²) in [5.74, 6) is 6.52. The van der Waals surface area contributed by atoms with Crippen LogP contribution in [0, 0.1) is 11.8 Å². The summed E-state index contributed by atoms with van der Waals surface area (Å²) in [7, 11) is 0. The van der Waals surface area contributed by atoms with Crippen molar-refractivity contribution in [3.8, 4) is 11.8 Å². The van der Waals surface area contributed by atoms with Crippen molar-refractivity contribution in [1.29, 1.82) is 0 Å². The normalized spacial score (nSPS) is 10.4. The molecule has 1 heterocycles. The third-order valence-corrected chi connectivity index (χ3v) is 4.01. The van der Waals surface area contributed by atoms with Crippen molar-refractivity contribution in [3.63, 3.8) is 0 Å². The van der Waals surface area contributed by atoms with Gasteiger partial charge < -0.3 is 0 Å². The van der Waals surface area contributed by atoms with Crippen LogP contribution >= 0.6 is 0 Å². The van der Waals surface area contributed by atoms with Gasteiger partial charge in [0.25, 0.3) is 0 Å². The molecule has 4 rings (SSSR count). The molecule has 25 heavy (non-hydrogen) atoms. The van der Waals surface area contributed by atoms with Crippen LogP contribution in [0.25, 0.3) is 10.8 Å². The first-order chi connectivity index (χ1) is 12.4. The van der Waals surface area contributed by atoms with Gasteiger partial charge in [-0.05, 0) is 50.5 Å². The highest BCUT2D eigenvalue weighted by Gasteiger charge is 2.00. The van der Waals surface area contributed by atoms with E-state index in [9.17, 15) is 0 Å². The Morgan fingerprint density at radius 2 is 1.72 bits per heavy atom. The predicted molar refractivity (Wildman–Crippen MR) is 97.9 cm³/mol. The highest BCUT2D eigenvalue weighted by Crippen LogP contribution is 2.18. The van der Waals surface area contributed by atoms with Crippen molar-refractivity contribution in [2.45, 2.75) is 13.0 Å². The Hall–Kier alpha value is -3.45. The molecular formula is C21H16N4. The summed E-state index contributed by atoms with van der Waals surface area (Å²) in [6, 6.07) is 23.0. The minimum atomic E-state index is 0.660. The number of rotatable bonds is 3. The number of hydrogen-bond acceptors (Lipinski definition) is 3. The molecular weight excluding hydrogens is 308 g/mol. The molecule has 0 saturated carbocycles. The molecule has 4 aromatic rings. The molecule has 0 aliphatic carbocycles. The Labute approximate surface area is 146 Å². The second-order valence-corrected chi connectivity index (χ2v) is 5.87. The molecule has 0 aliphatic rings. The summed E-state index contributed by atoms with van der Waals surface area (Å²) >= 11 is 0. The van der Waals surface area contributed by atoms with Crippen molar-refractivity contribution in [2.75, 3.05) is 0 Å². The van der Waals surface area contributed by atoms with Gasteiger partial charge >= 0.3 is 0 Å². The first-order valence-electron chi connectivity index (χ1n) is 8.13. The molecule has 0 amide bonds. The fraction of sp³-hybridized carbons (Fsp3) is 0.0952. The van der Waals surface area contributed by atoms with Gasteiger partial charge in [-0.1, -0.05) is 60.4 Å². The Bertz CT molecular complexity index is 1040. The average Bonchev–Trinajstić information content (AvgIpc) is 3.15. The van der Waals surface area contributed by atoms with Crippen LogP contribution in [0.1, 0.15) is 16.7 Å². The van der Waals surface area contributed by atoms with E-state index in [1.165, 1.54) is 16.3 Å². The number of hydrogen-bond donors (Lipinski definition) is 0. The van der Waals surface area contributed by atoms with E-state index >= 15 is 0 Å². The minimum Gasteiger partial charge on any atom is -0.228 e. The zero-order valence-corrected chi connectivity index (χ0v) is 13.6. The van der Waals surface area contributed by atoms with E-state index < -0.39 is 0 Å². The third kappa shape index (κ3) is 3.73. The number of fused-ring (bicyclic) bond motifs is 1. The Kier molecular flexibility index (Phi) is 4.21. The smallest absolute Gasteiger partial charge is 0.138 e. The van der Waals surface area contributed by atoms with Crippen LogP contribution in [0.4, 0.5) is 0 Å². The maximum absolute atomic E-state index is 3.91. The molecule has 0 aliphatic heterocycles. The van der Waals surface area contributed by atoms with Crippen molar-refractivity contribution < 1.29 is 0 Å². The van der Waals surface area contributed by atoms with E-state index in [-0.39, 0.29) is 0 Å². The fourth-order valence-corrected chi connectivity index (χ4v) is 2.76. The fourth-order valence-electron chi connectivity index (χ4n) is 2.76. The number of tetrazole rings is 1. The van der Waals surface area contributed by atoms with E-state index in [0.717, 1.165) is 17.5 Å². The first-order valence-corrected chi connectivity index (χ1v) is 8.13. The quantitative estimate of drug-likeness (QED) is 0.542. The van der Waals surface area contributed by atoms with Gasteiger partial charge in [0.1, 0.15) is 6.33 Å². The van der Waals surface area contributed by atoms with Crippen molar-refractivity contribution in [1.82, 2.24) is 20.2 Å². The van der Waals surface area contributed by atoms with Gasteiger partial charge in [0, 0.05) is 12.0 Å². The van der Waals surface area contributed by atoms with E-state index in [1.807, 2.05) is 18.2 Å². The van der Waals surface area contributed by atoms with Crippen LogP contribution in [-0.2, 0) is 13.0 Å². The van der Waals surface area contributed by atoms with Crippen molar-refractivity contribution in [3.05, 3.63) is 89.7 Å². The number of nitrogens with zero attached hydrogens (tertiary/aromatic N) is 4. The molecule has 0 N–H and O–H groups in total. The maximum Gasteiger partial charge on any atom is 0.138 e. The Balaban J connectivity index is 1.56. The van der Waals surface area contributed by atoms with Crippen LogP contribution in [0.15, 0.2) is 73.1 Å². The van der Waals surface area contributed by atoms with Crippen molar-refractivity contribution >= 4 is 10.8 Å². The highest BCUT2D eigenvalue weighted by molar-refractivity contribution is 5.84. The minimum absolute atomic E-state index is 0.660. The summed E-state index contributed by atoms with van der Waals surface area (Å²) in [5, 5.41) is 13.6. The maximum atomic E-state index is 3.91. The van der Waals surface area contributed by atoms with E-state index in [2.05, 4.69) is 75.9 Å². The largest absolute Gasteiger partial charge is 0.228 e. The van der Waals surface area contributed by atoms with Crippen molar-refractivity contribution in [2.24, 2.45) is 0 Å². The molecule has 0 fully saturated rings. The van der Waals surface area contributed by atoms with E-state index in [0.29, 0.717) is 6.54 Å². The summed E-state index contributed by atoms with van der Waals surface area (Å²) in [4.78, 5) is 0. The summed E-state index contributed by atoms with van der Waals surface area (Å²) in [6.07, 6.45) is 2.38. The first kappa shape index (κ1) is 15.1. The molecule has 0 saturated heterocycles. The van der Waals surface area contributed by atoms with Gasteiger partial charge in [0.15, 0.2) is 0 Å². The van der Waals surface area contributed by atoms with Crippen LogP contribution in [0.2, 0.25) is 0 Å². The highest BCUT2D eigenvalue weighted by atomic mass is 15.5. The SMILES string of the molecule is C(#Cc1ccc2ccc(Cn3cnnn3)cc2c1)Cc1ccccc1. The predicted octanol–water partition coefficient (Wildman–Crippen LogP) is 3.47. The van der Waals surface area contributed by atoms with Crippen LogP contribution in [0.5, 0.6) is 0 Å². The second kappa shape index (κ2) is 6.98. The lowest BCUT2D eigenvalue weighted by molar-refractivity contribution is 0.648. The standard InChI is InChI=1S/C21H16N4/c1-2-5-17(6-3-1)7-4-8-18-9-11-20-12-10-19(14-21(20)13-18)15-25-16-22-23-24-25/h1-3,5-6,9-14,16H,7,15H2. The van der Waals surface area contributed by atoms with Gasteiger partial charge in [-0.2, -0.15) is 0 Å². The topological polar surface area (TPSA) is 43.6 Å². The molecule has 4 nitrogen and oxygen atoms in total. The summed E-state index contributed by atoms with van der Waals surface area (Å²) < 4.78 is 1.71. The van der Waals surface area contributed by atoms with E-state index in [4.69, 9.17) is 0 Å². The van der Waals surface area contributed by atoms with E-state index in [1.54, 1.807) is 11.0 Å². The van der Waals surface area contributed by atoms with Crippen LogP contribution in [-0.4, -0.2) is 20.2 Å². The lowest BCUT2D eigenvalue weighted by Gasteiger charge is -2.04. The Morgan fingerprint density at radius 3 is 2.56 bits per heavy atom. The van der Waals surface area contributed by atoms with Crippen LogP contribution < -0.4 is 0 Å². The number of aromatic nitrogens is 4. The van der Waals surface area contributed by atoms with Gasteiger partial charge in [-0.15, -0.1) is 5.10 Å². The van der Waals surface area contributed by atoms with Gasteiger partial charge in [0.05, 0.1) is 6.54 Å².